The number of aromatic hydroxyl groups is 1. The second-order valence-electron chi connectivity index (χ2n) is 6.64. The highest BCUT2D eigenvalue weighted by Gasteiger charge is 2.29. The molecule has 24 heavy (non-hydrogen) atoms. The first-order valence-corrected chi connectivity index (χ1v) is 9.51. The quantitative estimate of drug-likeness (QED) is 0.830. The zero-order valence-electron chi connectivity index (χ0n) is 13.7. The molecule has 2 heterocycles. The zero-order valence-corrected chi connectivity index (χ0v) is 15.3. The number of rotatable bonds is 1. The first-order chi connectivity index (χ1) is 11.6. The molecule has 0 aromatic heterocycles. The summed E-state index contributed by atoms with van der Waals surface area (Å²) >= 11 is 8.06. The fourth-order valence-electron chi connectivity index (χ4n) is 3.58. The van der Waals surface area contributed by atoms with Gasteiger partial charge in [-0.05, 0) is 54.9 Å². The Balaban J connectivity index is 1.77. The van der Waals surface area contributed by atoms with E-state index >= 15 is 0 Å². The van der Waals surface area contributed by atoms with Crippen molar-refractivity contribution in [3.63, 3.8) is 0 Å². The van der Waals surface area contributed by atoms with Gasteiger partial charge in [0.05, 0.1) is 0 Å². The van der Waals surface area contributed by atoms with E-state index in [1.165, 1.54) is 16.0 Å². The highest BCUT2D eigenvalue weighted by Crippen LogP contribution is 2.44. The molecule has 0 spiro atoms. The molecule has 0 radical (unpaired) electrons. The molecule has 1 N–H and O–H groups in total. The Morgan fingerprint density at radius 3 is 2.62 bits per heavy atom. The van der Waals surface area contributed by atoms with Crippen LogP contribution in [0.3, 0.4) is 0 Å². The van der Waals surface area contributed by atoms with E-state index in [0.717, 1.165) is 42.5 Å². The molecule has 1 unspecified atom stereocenters. The Labute approximate surface area is 152 Å². The van der Waals surface area contributed by atoms with Crippen LogP contribution in [0.2, 0.25) is 5.02 Å². The maximum Gasteiger partial charge on any atom is 0.116 e. The van der Waals surface area contributed by atoms with Crippen molar-refractivity contribution in [1.82, 2.24) is 9.80 Å². The van der Waals surface area contributed by atoms with Gasteiger partial charge in [-0.2, -0.15) is 0 Å². The van der Waals surface area contributed by atoms with Crippen molar-refractivity contribution in [3.05, 3.63) is 52.5 Å². The summed E-state index contributed by atoms with van der Waals surface area (Å²) in [6, 6.07) is 12.3. The van der Waals surface area contributed by atoms with Gasteiger partial charge in [-0.25, -0.2) is 0 Å². The zero-order chi connectivity index (χ0) is 16.7. The molecular formula is C19H21ClN2OS. The molecule has 2 aliphatic rings. The number of likely N-dealkylation sites (N-methyl/N-ethyl adjacent to an activating group) is 1. The molecule has 2 aliphatic heterocycles. The number of hydrogen-bond acceptors (Lipinski definition) is 4. The molecule has 0 bridgehead atoms. The lowest BCUT2D eigenvalue weighted by molar-refractivity contribution is 0.110. The van der Waals surface area contributed by atoms with E-state index in [9.17, 15) is 5.11 Å². The number of phenolic OH excluding ortho intramolecular Hbond substituents is 1. The Bertz CT molecular complexity index is 759. The summed E-state index contributed by atoms with van der Waals surface area (Å²) in [5, 5.41) is 10.7. The largest absolute Gasteiger partial charge is 0.508 e. The van der Waals surface area contributed by atoms with Gasteiger partial charge in [-0.3, -0.25) is 4.90 Å². The summed E-state index contributed by atoms with van der Waals surface area (Å²) in [5.74, 6) is 0.329. The van der Waals surface area contributed by atoms with Gasteiger partial charge in [0, 0.05) is 47.0 Å². The van der Waals surface area contributed by atoms with Crippen molar-refractivity contribution in [2.75, 3.05) is 33.2 Å². The van der Waals surface area contributed by atoms with Crippen LogP contribution in [0.1, 0.15) is 17.2 Å². The van der Waals surface area contributed by atoms with Gasteiger partial charge < -0.3 is 10.0 Å². The molecule has 0 amide bonds. The fraction of sp³-hybridized carbons (Fsp3) is 0.368. The molecule has 0 aliphatic carbocycles. The van der Waals surface area contributed by atoms with Crippen LogP contribution in [-0.2, 0) is 6.42 Å². The molecule has 5 heteroatoms. The van der Waals surface area contributed by atoms with Crippen molar-refractivity contribution in [1.29, 1.82) is 0 Å². The minimum absolute atomic E-state index is 0.329. The predicted octanol–water partition coefficient (Wildman–Crippen LogP) is 4.04. The van der Waals surface area contributed by atoms with E-state index in [-0.39, 0.29) is 0 Å². The molecule has 2 aromatic carbocycles. The summed E-state index contributed by atoms with van der Waals surface area (Å²) in [4.78, 5) is 7.35. The van der Waals surface area contributed by atoms with E-state index in [1.54, 1.807) is 17.8 Å². The molecule has 1 fully saturated rings. The lowest BCUT2D eigenvalue weighted by Crippen LogP contribution is -2.46. The third kappa shape index (κ3) is 3.16. The second-order valence-corrected chi connectivity index (χ2v) is 8.16. The minimum Gasteiger partial charge on any atom is -0.508 e. The Morgan fingerprint density at radius 2 is 1.83 bits per heavy atom. The molecule has 1 saturated heterocycles. The number of benzene rings is 2. The molecule has 2 aromatic rings. The number of hydrogen-bond donors (Lipinski definition) is 1. The van der Waals surface area contributed by atoms with E-state index in [2.05, 4.69) is 35.0 Å². The van der Waals surface area contributed by atoms with Gasteiger partial charge in [0.2, 0.25) is 0 Å². The van der Waals surface area contributed by atoms with Crippen molar-refractivity contribution >= 4 is 23.4 Å². The van der Waals surface area contributed by atoms with Crippen molar-refractivity contribution in [2.24, 2.45) is 0 Å². The average molecular weight is 361 g/mol. The monoisotopic (exact) mass is 360 g/mol. The predicted molar refractivity (Wildman–Crippen MR) is 99.2 cm³/mol. The first kappa shape index (κ1) is 16.3. The lowest BCUT2D eigenvalue weighted by Gasteiger charge is -2.38. The van der Waals surface area contributed by atoms with Crippen LogP contribution in [0.4, 0.5) is 0 Å². The average Bonchev–Trinajstić information content (AvgIpc) is 2.72. The Morgan fingerprint density at radius 1 is 1.04 bits per heavy atom. The van der Waals surface area contributed by atoms with E-state index in [4.69, 9.17) is 11.6 Å². The minimum atomic E-state index is 0.329. The number of nitrogens with zero attached hydrogens (tertiary/aromatic N) is 2. The van der Waals surface area contributed by atoms with E-state index in [0.29, 0.717) is 11.8 Å². The van der Waals surface area contributed by atoms with Gasteiger partial charge in [0.1, 0.15) is 5.75 Å². The van der Waals surface area contributed by atoms with Crippen molar-refractivity contribution in [2.45, 2.75) is 22.3 Å². The Hall–Kier alpha value is -1.20. The molecule has 3 nitrogen and oxygen atoms in total. The molecule has 1 atom stereocenters. The summed E-state index contributed by atoms with van der Waals surface area (Å²) in [6.07, 6.45) is 0.958. The maximum atomic E-state index is 9.87. The lowest BCUT2D eigenvalue weighted by atomic mass is 9.96. The second kappa shape index (κ2) is 6.60. The van der Waals surface area contributed by atoms with Crippen LogP contribution in [0.15, 0.2) is 46.2 Å². The van der Waals surface area contributed by atoms with Crippen LogP contribution >= 0.6 is 23.4 Å². The van der Waals surface area contributed by atoms with Gasteiger partial charge in [-0.15, -0.1) is 0 Å². The van der Waals surface area contributed by atoms with Gasteiger partial charge in [0.25, 0.3) is 0 Å². The summed E-state index contributed by atoms with van der Waals surface area (Å²) in [5.41, 5.74) is 2.61. The third-order valence-corrected chi connectivity index (χ3v) is 6.42. The molecular weight excluding hydrogens is 340 g/mol. The van der Waals surface area contributed by atoms with Crippen LogP contribution in [0, 0.1) is 0 Å². The third-order valence-electron chi connectivity index (χ3n) is 4.99. The van der Waals surface area contributed by atoms with Crippen molar-refractivity contribution in [3.8, 4) is 5.75 Å². The van der Waals surface area contributed by atoms with Crippen LogP contribution in [-0.4, -0.2) is 48.1 Å². The van der Waals surface area contributed by atoms with Crippen LogP contribution < -0.4 is 0 Å². The van der Waals surface area contributed by atoms with Gasteiger partial charge in [0.15, 0.2) is 0 Å². The summed E-state index contributed by atoms with van der Waals surface area (Å²) in [6.45, 7) is 4.35. The van der Waals surface area contributed by atoms with Crippen LogP contribution in [0.5, 0.6) is 5.75 Å². The van der Waals surface area contributed by atoms with Gasteiger partial charge in [-0.1, -0.05) is 29.4 Å². The fourth-order valence-corrected chi connectivity index (χ4v) is 4.90. The standard InChI is InChI=1S/C19H21ClN2OS/c1-21-6-8-22(9-7-21)17-10-13-2-4-15(23)12-19(13)24-18-5-3-14(20)11-16(17)18/h2-5,11-12,17,23H,6-10H2,1H3. The number of piperazine rings is 1. The molecule has 4 rings (SSSR count). The van der Waals surface area contributed by atoms with E-state index < -0.39 is 0 Å². The van der Waals surface area contributed by atoms with Gasteiger partial charge >= 0.3 is 0 Å². The summed E-state index contributed by atoms with van der Waals surface area (Å²) in [7, 11) is 2.18. The SMILES string of the molecule is CN1CCN(C2Cc3ccc(O)cc3Sc3ccc(Cl)cc32)CC1. The molecule has 126 valence electrons. The highest BCUT2D eigenvalue weighted by atomic mass is 35.5. The topological polar surface area (TPSA) is 26.7 Å². The summed E-state index contributed by atoms with van der Waals surface area (Å²) < 4.78 is 0. The van der Waals surface area contributed by atoms with E-state index in [1.807, 2.05) is 12.1 Å². The number of halogens is 1. The molecule has 0 saturated carbocycles. The highest BCUT2D eigenvalue weighted by molar-refractivity contribution is 7.99. The van der Waals surface area contributed by atoms with Crippen LogP contribution in [0.25, 0.3) is 0 Å². The number of fused-ring (bicyclic) bond motifs is 2. The maximum absolute atomic E-state index is 9.87. The first-order valence-electron chi connectivity index (χ1n) is 8.32. The Kier molecular flexibility index (Phi) is 4.48. The normalized spacial score (nSPS) is 21.8. The smallest absolute Gasteiger partial charge is 0.116 e. The van der Waals surface area contributed by atoms with Crippen molar-refractivity contribution < 1.29 is 5.11 Å². The number of phenols is 1.